The number of likely N-dealkylation sites (N-methyl/N-ethyl adjacent to an activating group) is 1. The van der Waals surface area contributed by atoms with E-state index in [9.17, 15) is 13.6 Å². The summed E-state index contributed by atoms with van der Waals surface area (Å²) in [6, 6.07) is 3.58. The molecule has 1 aliphatic heterocycles. The van der Waals surface area contributed by atoms with Gasteiger partial charge in [0.25, 0.3) is 0 Å². The van der Waals surface area contributed by atoms with Crippen molar-refractivity contribution in [3.05, 3.63) is 41.5 Å². The molecule has 0 aromatic heterocycles. The molecule has 1 N–H and O–H groups in total. The number of rotatable bonds is 3. The Balaban J connectivity index is 2.11. The highest BCUT2D eigenvalue weighted by Gasteiger charge is 2.21. The summed E-state index contributed by atoms with van der Waals surface area (Å²) >= 11 is 0. The van der Waals surface area contributed by atoms with Crippen LogP contribution in [0.5, 0.6) is 0 Å². The highest BCUT2D eigenvalue weighted by atomic mass is 19.1. The van der Waals surface area contributed by atoms with Crippen LogP contribution in [-0.4, -0.2) is 37.0 Å². The SMILES string of the molecule is C/C(=C/C(=O)N(C)C1CCNCC1)c1ccc(F)cc1F. The van der Waals surface area contributed by atoms with Crippen LogP contribution in [0.2, 0.25) is 0 Å². The summed E-state index contributed by atoms with van der Waals surface area (Å²) in [4.78, 5) is 13.9. The van der Waals surface area contributed by atoms with Crippen molar-refractivity contribution in [3.8, 4) is 0 Å². The Morgan fingerprint density at radius 2 is 2.00 bits per heavy atom. The lowest BCUT2D eigenvalue weighted by atomic mass is 10.0. The fraction of sp³-hybridized carbons (Fsp3) is 0.438. The zero-order chi connectivity index (χ0) is 15.4. The third-order valence-corrected chi connectivity index (χ3v) is 3.90. The van der Waals surface area contributed by atoms with E-state index in [1.807, 2.05) is 0 Å². The normalized spacial score (nSPS) is 16.9. The molecular weight excluding hydrogens is 274 g/mol. The van der Waals surface area contributed by atoms with E-state index in [0.717, 1.165) is 32.0 Å². The molecule has 1 fully saturated rings. The van der Waals surface area contributed by atoms with Crippen molar-refractivity contribution >= 4 is 11.5 Å². The second-order valence-electron chi connectivity index (χ2n) is 5.38. The van der Waals surface area contributed by atoms with Gasteiger partial charge in [0.05, 0.1) is 0 Å². The molecule has 1 amide bonds. The average Bonchev–Trinajstić information content (AvgIpc) is 2.47. The minimum atomic E-state index is -0.652. The van der Waals surface area contributed by atoms with Gasteiger partial charge in [-0.25, -0.2) is 8.78 Å². The Morgan fingerprint density at radius 3 is 2.62 bits per heavy atom. The summed E-state index contributed by atoms with van der Waals surface area (Å²) in [5.74, 6) is -1.42. The lowest BCUT2D eigenvalue weighted by Gasteiger charge is -2.31. The van der Waals surface area contributed by atoms with Gasteiger partial charge in [0.2, 0.25) is 5.91 Å². The predicted molar refractivity (Wildman–Crippen MR) is 78.7 cm³/mol. The third-order valence-electron chi connectivity index (χ3n) is 3.90. The van der Waals surface area contributed by atoms with Gasteiger partial charge in [0, 0.05) is 30.8 Å². The van der Waals surface area contributed by atoms with Gasteiger partial charge in [-0.05, 0) is 50.6 Å². The topological polar surface area (TPSA) is 32.3 Å². The number of allylic oxidation sites excluding steroid dienone is 1. The van der Waals surface area contributed by atoms with Crippen molar-refractivity contribution < 1.29 is 13.6 Å². The van der Waals surface area contributed by atoms with Gasteiger partial charge >= 0.3 is 0 Å². The zero-order valence-electron chi connectivity index (χ0n) is 12.3. The average molecular weight is 294 g/mol. The van der Waals surface area contributed by atoms with E-state index in [1.165, 1.54) is 18.2 Å². The molecule has 1 aliphatic rings. The molecule has 3 nitrogen and oxygen atoms in total. The van der Waals surface area contributed by atoms with Crippen molar-refractivity contribution in [2.45, 2.75) is 25.8 Å². The molecule has 1 aromatic rings. The Morgan fingerprint density at radius 1 is 1.33 bits per heavy atom. The van der Waals surface area contributed by atoms with Crippen molar-refractivity contribution in [3.63, 3.8) is 0 Å². The second-order valence-corrected chi connectivity index (χ2v) is 5.38. The predicted octanol–water partition coefficient (Wildman–Crippen LogP) is 2.58. The third kappa shape index (κ3) is 3.88. The summed E-state index contributed by atoms with van der Waals surface area (Å²) in [5.41, 5.74) is 0.752. The van der Waals surface area contributed by atoms with E-state index >= 15 is 0 Å². The molecule has 2 rings (SSSR count). The van der Waals surface area contributed by atoms with Crippen LogP contribution in [0.1, 0.15) is 25.3 Å². The number of carbonyl (C=O) groups is 1. The van der Waals surface area contributed by atoms with E-state index < -0.39 is 11.6 Å². The number of piperidine rings is 1. The number of carbonyl (C=O) groups excluding carboxylic acids is 1. The molecule has 0 bridgehead atoms. The molecule has 5 heteroatoms. The summed E-state index contributed by atoms with van der Waals surface area (Å²) in [7, 11) is 1.77. The molecular formula is C16H20F2N2O. The van der Waals surface area contributed by atoms with Gasteiger partial charge < -0.3 is 10.2 Å². The number of amides is 1. The standard InChI is InChI=1S/C16H20F2N2O/c1-11(14-4-3-12(17)10-15(14)18)9-16(21)20(2)13-5-7-19-8-6-13/h3-4,9-10,13,19H,5-8H2,1-2H3/b11-9-. The minimum absolute atomic E-state index is 0.150. The second kappa shape index (κ2) is 6.80. The summed E-state index contributed by atoms with van der Waals surface area (Å²) in [5, 5.41) is 3.25. The van der Waals surface area contributed by atoms with E-state index in [-0.39, 0.29) is 17.5 Å². The Labute approximate surface area is 123 Å². The van der Waals surface area contributed by atoms with Crippen molar-refractivity contribution in [1.29, 1.82) is 0 Å². The van der Waals surface area contributed by atoms with Crippen LogP contribution >= 0.6 is 0 Å². The first-order chi connectivity index (χ1) is 9.99. The first-order valence-electron chi connectivity index (χ1n) is 7.10. The van der Waals surface area contributed by atoms with Crippen LogP contribution in [0.15, 0.2) is 24.3 Å². The molecule has 0 aliphatic carbocycles. The fourth-order valence-corrected chi connectivity index (χ4v) is 2.55. The number of benzene rings is 1. The van der Waals surface area contributed by atoms with E-state index in [2.05, 4.69) is 5.32 Å². The van der Waals surface area contributed by atoms with Crippen molar-refractivity contribution in [2.75, 3.05) is 20.1 Å². The minimum Gasteiger partial charge on any atom is -0.339 e. The highest BCUT2D eigenvalue weighted by Crippen LogP contribution is 2.19. The molecule has 0 spiro atoms. The van der Waals surface area contributed by atoms with Gasteiger partial charge in [0.15, 0.2) is 0 Å². The maximum absolute atomic E-state index is 13.7. The lowest BCUT2D eigenvalue weighted by Crippen LogP contribution is -2.43. The molecule has 1 saturated heterocycles. The monoisotopic (exact) mass is 294 g/mol. The van der Waals surface area contributed by atoms with Gasteiger partial charge in [-0.1, -0.05) is 0 Å². The Kier molecular flexibility index (Phi) is 5.07. The summed E-state index contributed by atoms with van der Waals surface area (Å²) in [6.07, 6.45) is 3.25. The van der Waals surface area contributed by atoms with Gasteiger partial charge in [-0.15, -0.1) is 0 Å². The van der Waals surface area contributed by atoms with Crippen molar-refractivity contribution in [2.24, 2.45) is 0 Å². The summed E-state index contributed by atoms with van der Waals surface area (Å²) in [6.45, 7) is 3.46. The van der Waals surface area contributed by atoms with Crippen LogP contribution in [0.3, 0.4) is 0 Å². The number of hydrogen-bond acceptors (Lipinski definition) is 2. The van der Waals surface area contributed by atoms with Crippen LogP contribution in [0.4, 0.5) is 8.78 Å². The Hall–Kier alpha value is -1.75. The Bertz CT molecular complexity index is 551. The molecule has 1 aromatic carbocycles. The number of nitrogens with zero attached hydrogens (tertiary/aromatic N) is 1. The number of hydrogen-bond donors (Lipinski definition) is 1. The van der Waals surface area contributed by atoms with Gasteiger partial charge in [0.1, 0.15) is 11.6 Å². The number of nitrogens with one attached hydrogen (secondary N) is 1. The molecule has 0 unspecified atom stereocenters. The van der Waals surface area contributed by atoms with E-state index in [4.69, 9.17) is 0 Å². The number of halogens is 2. The highest BCUT2D eigenvalue weighted by molar-refractivity contribution is 5.95. The first-order valence-corrected chi connectivity index (χ1v) is 7.10. The smallest absolute Gasteiger partial charge is 0.246 e. The van der Waals surface area contributed by atoms with Gasteiger partial charge in [-0.2, -0.15) is 0 Å². The lowest BCUT2D eigenvalue weighted by molar-refractivity contribution is -0.127. The maximum Gasteiger partial charge on any atom is 0.246 e. The molecule has 0 atom stereocenters. The van der Waals surface area contributed by atoms with Gasteiger partial charge in [-0.3, -0.25) is 4.79 Å². The molecule has 0 radical (unpaired) electrons. The first kappa shape index (κ1) is 15.6. The van der Waals surface area contributed by atoms with Crippen LogP contribution in [0, 0.1) is 11.6 Å². The van der Waals surface area contributed by atoms with E-state index in [0.29, 0.717) is 5.57 Å². The van der Waals surface area contributed by atoms with Crippen LogP contribution in [0.25, 0.3) is 5.57 Å². The molecule has 0 saturated carbocycles. The maximum atomic E-state index is 13.7. The largest absolute Gasteiger partial charge is 0.339 e. The van der Waals surface area contributed by atoms with Crippen molar-refractivity contribution in [1.82, 2.24) is 10.2 Å². The fourth-order valence-electron chi connectivity index (χ4n) is 2.55. The van der Waals surface area contributed by atoms with Crippen LogP contribution < -0.4 is 5.32 Å². The van der Waals surface area contributed by atoms with Crippen LogP contribution in [-0.2, 0) is 4.79 Å². The quantitative estimate of drug-likeness (QED) is 0.869. The van der Waals surface area contributed by atoms with E-state index in [1.54, 1.807) is 18.9 Å². The summed E-state index contributed by atoms with van der Waals surface area (Å²) < 4.78 is 26.6. The molecule has 114 valence electrons. The zero-order valence-corrected chi connectivity index (χ0v) is 12.3. The molecule has 21 heavy (non-hydrogen) atoms. The molecule has 1 heterocycles.